The molecule has 0 amide bonds. The molecule has 0 aromatic heterocycles. The summed E-state index contributed by atoms with van der Waals surface area (Å²) in [5.74, 6) is -0.437. The zero-order valence-electron chi connectivity index (χ0n) is 10.6. The Morgan fingerprint density at radius 2 is 2.00 bits per heavy atom. The van der Waals surface area contributed by atoms with E-state index < -0.39 is 12.3 Å². The van der Waals surface area contributed by atoms with Gasteiger partial charge in [0.2, 0.25) is 0 Å². The number of carbonyl (C=O) groups excluding carboxylic acids is 1. The average molecular weight is 230 g/mol. The third-order valence-corrected chi connectivity index (χ3v) is 2.52. The molecule has 94 valence electrons. The third-order valence-electron chi connectivity index (χ3n) is 2.52. The molecule has 1 unspecified atom stereocenters. The Bertz CT molecular complexity index is 245. The van der Waals surface area contributed by atoms with Gasteiger partial charge in [0.1, 0.15) is 6.61 Å². The van der Waals surface area contributed by atoms with Gasteiger partial charge < -0.3 is 14.6 Å². The van der Waals surface area contributed by atoms with E-state index in [0.29, 0.717) is 5.57 Å². The Morgan fingerprint density at radius 3 is 2.44 bits per heavy atom. The van der Waals surface area contributed by atoms with E-state index in [-0.39, 0.29) is 18.6 Å². The molecule has 0 aliphatic heterocycles. The predicted molar refractivity (Wildman–Crippen MR) is 61.8 cm³/mol. The molecule has 0 saturated heterocycles. The molecule has 0 radical (unpaired) electrons. The maximum absolute atomic E-state index is 11.0. The van der Waals surface area contributed by atoms with Crippen molar-refractivity contribution in [3.8, 4) is 0 Å². The topological polar surface area (TPSA) is 55.8 Å². The molecular weight excluding hydrogens is 208 g/mol. The predicted octanol–water partition coefficient (Wildman–Crippen LogP) is 1.88. The van der Waals surface area contributed by atoms with Crippen molar-refractivity contribution in [1.82, 2.24) is 0 Å². The molecule has 0 bridgehead atoms. The van der Waals surface area contributed by atoms with Crippen molar-refractivity contribution in [1.29, 1.82) is 0 Å². The minimum absolute atomic E-state index is 0.128. The number of ether oxygens (including phenoxy) is 2. The fourth-order valence-corrected chi connectivity index (χ4v) is 0.818. The SMILES string of the molecule is C=C(C)C(=O)OCCOC(O)C(C)(C)CC. The van der Waals surface area contributed by atoms with E-state index in [2.05, 4.69) is 6.58 Å². The van der Waals surface area contributed by atoms with Gasteiger partial charge in [-0.05, 0) is 13.3 Å². The van der Waals surface area contributed by atoms with Crippen LogP contribution in [0.5, 0.6) is 0 Å². The number of aliphatic hydroxyl groups is 1. The minimum atomic E-state index is -0.846. The van der Waals surface area contributed by atoms with Gasteiger partial charge >= 0.3 is 5.97 Å². The molecule has 0 heterocycles. The molecule has 0 rings (SSSR count). The van der Waals surface area contributed by atoms with Gasteiger partial charge in [-0.15, -0.1) is 0 Å². The first-order valence-corrected chi connectivity index (χ1v) is 5.43. The summed E-state index contributed by atoms with van der Waals surface area (Å²) in [5, 5.41) is 9.67. The van der Waals surface area contributed by atoms with Crippen molar-refractivity contribution >= 4 is 5.97 Å². The lowest BCUT2D eigenvalue weighted by Crippen LogP contribution is -2.32. The highest BCUT2D eigenvalue weighted by atomic mass is 16.6. The molecule has 0 aliphatic carbocycles. The average Bonchev–Trinajstić information content (AvgIpc) is 2.23. The molecule has 4 heteroatoms. The molecule has 4 nitrogen and oxygen atoms in total. The van der Waals surface area contributed by atoms with Gasteiger partial charge in [0.25, 0.3) is 0 Å². The van der Waals surface area contributed by atoms with Crippen molar-refractivity contribution in [3.05, 3.63) is 12.2 Å². The molecule has 0 aliphatic rings. The summed E-state index contributed by atoms with van der Waals surface area (Å²) >= 11 is 0. The quantitative estimate of drug-likeness (QED) is 0.314. The summed E-state index contributed by atoms with van der Waals surface area (Å²) in [5.41, 5.74) is 0.0627. The number of aliphatic hydroxyl groups excluding tert-OH is 1. The second-order valence-electron chi connectivity index (χ2n) is 4.48. The van der Waals surface area contributed by atoms with E-state index in [0.717, 1.165) is 6.42 Å². The van der Waals surface area contributed by atoms with E-state index in [4.69, 9.17) is 9.47 Å². The molecule has 16 heavy (non-hydrogen) atoms. The van der Waals surface area contributed by atoms with Crippen molar-refractivity contribution < 1.29 is 19.4 Å². The van der Waals surface area contributed by atoms with Crippen molar-refractivity contribution in [2.75, 3.05) is 13.2 Å². The van der Waals surface area contributed by atoms with Crippen LogP contribution in [0.4, 0.5) is 0 Å². The fourth-order valence-electron chi connectivity index (χ4n) is 0.818. The highest BCUT2D eigenvalue weighted by molar-refractivity contribution is 5.86. The number of hydrogen-bond acceptors (Lipinski definition) is 4. The standard InChI is InChI=1S/C12H22O4/c1-6-12(4,5)11(14)16-8-7-15-10(13)9(2)3/h11,14H,2,6-8H2,1,3-5H3. The Labute approximate surface area is 97.2 Å². The first kappa shape index (κ1) is 15.1. The zero-order chi connectivity index (χ0) is 12.8. The van der Waals surface area contributed by atoms with Gasteiger partial charge in [0.05, 0.1) is 6.61 Å². The highest BCUT2D eigenvalue weighted by Crippen LogP contribution is 2.25. The third kappa shape index (κ3) is 5.28. The van der Waals surface area contributed by atoms with Crippen LogP contribution in [0.3, 0.4) is 0 Å². The zero-order valence-corrected chi connectivity index (χ0v) is 10.6. The minimum Gasteiger partial charge on any atom is -0.460 e. The normalized spacial score (nSPS) is 13.3. The molecular formula is C12H22O4. The van der Waals surface area contributed by atoms with Crippen LogP contribution < -0.4 is 0 Å². The van der Waals surface area contributed by atoms with Crippen LogP contribution in [0, 0.1) is 5.41 Å². The van der Waals surface area contributed by atoms with Gasteiger partial charge in [0, 0.05) is 11.0 Å². The van der Waals surface area contributed by atoms with Crippen LogP contribution in [0.1, 0.15) is 34.1 Å². The van der Waals surface area contributed by atoms with Gasteiger partial charge in [-0.25, -0.2) is 4.79 Å². The molecule has 0 spiro atoms. The van der Waals surface area contributed by atoms with Crippen LogP contribution in [-0.4, -0.2) is 30.6 Å². The van der Waals surface area contributed by atoms with Crippen molar-refractivity contribution in [2.45, 2.75) is 40.4 Å². The smallest absolute Gasteiger partial charge is 0.333 e. The lowest BCUT2D eigenvalue weighted by molar-refractivity contribution is -0.175. The summed E-state index contributed by atoms with van der Waals surface area (Å²) in [4.78, 5) is 11.0. The van der Waals surface area contributed by atoms with Gasteiger partial charge in [0.15, 0.2) is 6.29 Å². The second kappa shape index (κ2) is 6.66. The lowest BCUT2D eigenvalue weighted by Gasteiger charge is -2.28. The molecule has 0 fully saturated rings. The van der Waals surface area contributed by atoms with Crippen LogP contribution in [0.15, 0.2) is 12.2 Å². The van der Waals surface area contributed by atoms with Crippen LogP contribution in [0.25, 0.3) is 0 Å². The number of carbonyl (C=O) groups is 1. The lowest BCUT2D eigenvalue weighted by atomic mass is 9.90. The fraction of sp³-hybridized carbons (Fsp3) is 0.750. The molecule has 1 N–H and O–H groups in total. The second-order valence-corrected chi connectivity index (χ2v) is 4.48. The van der Waals surface area contributed by atoms with Crippen LogP contribution in [0.2, 0.25) is 0 Å². The Balaban J connectivity index is 3.75. The number of esters is 1. The van der Waals surface area contributed by atoms with E-state index in [1.54, 1.807) is 6.92 Å². The largest absolute Gasteiger partial charge is 0.460 e. The number of hydrogen-bond donors (Lipinski definition) is 1. The number of rotatable bonds is 7. The van der Waals surface area contributed by atoms with E-state index in [9.17, 15) is 9.90 Å². The summed E-state index contributed by atoms with van der Waals surface area (Å²) in [6.45, 7) is 11.2. The van der Waals surface area contributed by atoms with E-state index in [1.165, 1.54) is 0 Å². The first-order chi connectivity index (χ1) is 7.31. The first-order valence-electron chi connectivity index (χ1n) is 5.43. The Hall–Kier alpha value is -0.870. The van der Waals surface area contributed by atoms with Gasteiger partial charge in [-0.1, -0.05) is 27.4 Å². The van der Waals surface area contributed by atoms with Crippen LogP contribution >= 0.6 is 0 Å². The Morgan fingerprint density at radius 1 is 1.44 bits per heavy atom. The molecule has 0 aromatic carbocycles. The maximum atomic E-state index is 11.0. The summed E-state index contributed by atoms with van der Waals surface area (Å²) < 4.78 is 10.0. The summed E-state index contributed by atoms with van der Waals surface area (Å²) in [6.07, 6.45) is -0.0410. The molecule has 0 aromatic rings. The highest BCUT2D eigenvalue weighted by Gasteiger charge is 2.26. The van der Waals surface area contributed by atoms with Crippen molar-refractivity contribution in [3.63, 3.8) is 0 Å². The van der Waals surface area contributed by atoms with Crippen molar-refractivity contribution in [2.24, 2.45) is 5.41 Å². The maximum Gasteiger partial charge on any atom is 0.333 e. The summed E-state index contributed by atoms with van der Waals surface area (Å²) in [6, 6.07) is 0. The Kier molecular flexibility index (Phi) is 6.29. The van der Waals surface area contributed by atoms with Crippen LogP contribution in [-0.2, 0) is 14.3 Å². The van der Waals surface area contributed by atoms with Gasteiger partial charge in [-0.3, -0.25) is 0 Å². The van der Waals surface area contributed by atoms with Gasteiger partial charge in [-0.2, -0.15) is 0 Å². The summed E-state index contributed by atoms with van der Waals surface area (Å²) in [7, 11) is 0. The monoisotopic (exact) mass is 230 g/mol. The molecule has 0 saturated carbocycles. The molecule has 1 atom stereocenters. The van der Waals surface area contributed by atoms with E-state index in [1.807, 2.05) is 20.8 Å². The van der Waals surface area contributed by atoms with E-state index >= 15 is 0 Å².